The predicted molar refractivity (Wildman–Crippen MR) is 89.4 cm³/mol. The number of amides is 1. The Bertz CT molecular complexity index is 678. The van der Waals surface area contributed by atoms with Crippen LogP contribution in [0.3, 0.4) is 0 Å². The monoisotopic (exact) mass is 325 g/mol. The highest BCUT2D eigenvalue weighted by Crippen LogP contribution is 2.38. The lowest BCUT2D eigenvalue weighted by molar-refractivity contribution is -0.136. The molecule has 24 heavy (non-hydrogen) atoms. The largest absolute Gasteiger partial charge is 0.341 e. The van der Waals surface area contributed by atoms with Crippen molar-refractivity contribution in [2.75, 3.05) is 13.1 Å². The van der Waals surface area contributed by atoms with Crippen LogP contribution >= 0.6 is 0 Å². The highest BCUT2D eigenvalue weighted by molar-refractivity contribution is 5.77. The molecule has 4 rings (SSSR count). The second kappa shape index (κ2) is 6.04. The molecular formula is C18H23N5O. The normalized spacial score (nSPS) is 21.0. The number of carbonyl (C=O) groups excluding carboxylic acids is 1. The maximum absolute atomic E-state index is 12.3. The lowest BCUT2D eigenvalue weighted by atomic mass is 9.94. The zero-order valence-corrected chi connectivity index (χ0v) is 13.9. The first-order chi connectivity index (χ1) is 11.7. The SMILES string of the molecule is C#CCCC1(CCC(=O)N2CC(c3cc4n(n3)CCCC4)C2)N=N1. The van der Waals surface area contributed by atoms with Gasteiger partial charge in [0, 0.05) is 56.9 Å². The Balaban J connectivity index is 1.24. The summed E-state index contributed by atoms with van der Waals surface area (Å²) in [4.78, 5) is 14.3. The summed E-state index contributed by atoms with van der Waals surface area (Å²) in [5.41, 5.74) is 2.16. The highest BCUT2D eigenvalue weighted by Gasteiger charge is 2.41. The molecule has 0 spiro atoms. The van der Waals surface area contributed by atoms with Gasteiger partial charge in [-0.05, 0) is 25.3 Å². The van der Waals surface area contributed by atoms with Gasteiger partial charge >= 0.3 is 0 Å². The zero-order chi connectivity index (χ0) is 16.6. The number of rotatable bonds is 6. The van der Waals surface area contributed by atoms with Gasteiger partial charge in [-0.1, -0.05) is 0 Å². The van der Waals surface area contributed by atoms with Gasteiger partial charge in [0.15, 0.2) is 5.66 Å². The van der Waals surface area contributed by atoms with Gasteiger partial charge < -0.3 is 4.90 Å². The summed E-state index contributed by atoms with van der Waals surface area (Å²) >= 11 is 0. The van der Waals surface area contributed by atoms with Crippen molar-refractivity contribution >= 4 is 5.91 Å². The molecule has 1 amide bonds. The van der Waals surface area contributed by atoms with Gasteiger partial charge in [-0.3, -0.25) is 9.48 Å². The smallest absolute Gasteiger partial charge is 0.222 e. The topological polar surface area (TPSA) is 62.9 Å². The molecule has 0 unspecified atom stereocenters. The number of nitrogens with zero attached hydrogens (tertiary/aromatic N) is 5. The van der Waals surface area contributed by atoms with Gasteiger partial charge in [0.05, 0.1) is 5.69 Å². The summed E-state index contributed by atoms with van der Waals surface area (Å²) in [7, 11) is 0. The summed E-state index contributed by atoms with van der Waals surface area (Å²) in [6, 6.07) is 2.24. The fraction of sp³-hybridized carbons (Fsp3) is 0.667. The molecule has 0 radical (unpaired) electrons. The number of carbonyl (C=O) groups is 1. The second-order valence-electron chi connectivity index (χ2n) is 7.12. The van der Waals surface area contributed by atoms with E-state index in [1.807, 2.05) is 4.90 Å². The standard InChI is InChI=1S/C18H23N5O/c1-2-3-8-18(20-21-18)9-7-17(24)22-12-14(13-22)16-11-15-6-4-5-10-23(15)19-16/h1,11,14H,3-10,12-13H2. The molecule has 4 heterocycles. The van der Waals surface area contributed by atoms with Crippen LogP contribution in [0.25, 0.3) is 0 Å². The number of likely N-dealkylation sites (tertiary alicyclic amines) is 1. The van der Waals surface area contributed by atoms with Crippen molar-refractivity contribution < 1.29 is 4.79 Å². The third kappa shape index (κ3) is 2.95. The van der Waals surface area contributed by atoms with E-state index in [4.69, 9.17) is 11.5 Å². The molecule has 126 valence electrons. The summed E-state index contributed by atoms with van der Waals surface area (Å²) in [6.45, 7) is 2.62. The Morgan fingerprint density at radius 2 is 2.17 bits per heavy atom. The van der Waals surface area contributed by atoms with Crippen LogP contribution in [0.5, 0.6) is 0 Å². The molecule has 1 aromatic heterocycles. The Kier molecular flexibility index (Phi) is 3.87. The number of terminal acetylenes is 1. The van der Waals surface area contributed by atoms with Crippen molar-refractivity contribution in [1.82, 2.24) is 14.7 Å². The van der Waals surface area contributed by atoms with Gasteiger partial charge in [-0.15, -0.1) is 12.3 Å². The molecule has 0 bridgehead atoms. The van der Waals surface area contributed by atoms with Crippen molar-refractivity contribution in [2.45, 2.75) is 63.1 Å². The minimum absolute atomic E-state index is 0.201. The quantitative estimate of drug-likeness (QED) is 0.754. The van der Waals surface area contributed by atoms with Crippen LogP contribution in [-0.4, -0.2) is 39.3 Å². The Morgan fingerprint density at radius 1 is 1.33 bits per heavy atom. The molecule has 1 fully saturated rings. The molecule has 0 atom stereocenters. The van der Waals surface area contributed by atoms with Crippen LogP contribution in [0.15, 0.2) is 16.3 Å². The van der Waals surface area contributed by atoms with E-state index < -0.39 is 0 Å². The van der Waals surface area contributed by atoms with Crippen LogP contribution in [0.4, 0.5) is 0 Å². The maximum atomic E-state index is 12.3. The van der Waals surface area contributed by atoms with Crippen molar-refractivity contribution in [3.05, 3.63) is 17.5 Å². The molecular weight excluding hydrogens is 302 g/mol. The fourth-order valence-corrected chi connectivity index (χ4v) is 3.64. The summed E-state index contributed by atoms with van der Waals surface area (Å²) < 4.78 is 2.15. The van der Waals surface area contributed by atoms with Crippen LogP contribution in [0, 0.1) is 12.3 Å². The minimum atomic E-state index is -0.352. The number of hydrogen-bond donors (Lipinski definition) is 0. The van der Waals surface area contributed by atoms with E-state index in [1.165, 1.54) is 18.5 Å². The van der Waals surface area contributed by atoms with Gasteiger partial charge in [-0.2, -0.15) is 15.3 Å². The molecule has 0 aromatic carbocycles. The van der Waals surface area contributed by atoms with Crippen molar-refractivity contribution in [3.8, 4) is 12.3 Å². The Labute approximate surface area is 142 Å². The van der Waals surface area contributed by atoms with Gasteiger partial charge in [-0.25, -0.2) is 0 Å². The Hall–Kier alpha value is -2.16. The lowest BCUT2D eigenvalue weighted by Crippen LogP contribution is -2.48. The number of aryl methyl sites for hydroxylation is 2. The number of aromatic nitrogens is 2. The van der Waals surface area contributed by atoms with E-state index in [1.54, 1.807) is 0 Å². The predicted octanol–water partition coefficient (Wildman–Crippen LogP) is 2.50. The third-order valence-electron chi connectivity index (χ3n) is 5.38. The highest BCUT2D eigenvalue weighted by atomic mass is 16.2. The summed E-state index contributed by atoms with van der Waals surface area (Å²) in [5.74, 6) is 3.22. The van der Waals surface area contributed by atoms with Crippen molar-refractivity contribution in [1.29, 1.82) is 0 Å². The minimum Gasteiger partial charge on any atom is -0.341 e. The van der Waals surface area contributed by atoms with E-state index in [0.717, 1.165) is 38.2 Å². The molecule has 0 aliphatic carbocycles. The second-order valence-corrected chi connectivity index (χ2v) is 7.12. The van der Waals surface area contributed by atoms with Crippen molar-refractivity contribution in [2.24, 2.45) is 10.2 Å². The van der Waals surface area contributed by atoms with Crippen LogP contribution in [-0.2, 0) is 17.8 Å². The maximum Gasteiger partial charge on any atom is 0.222 e. The van der Waals surface area contributed by atoms with Gasteiger partial charge in [0.2, 0.25) is 5.91 Å². The first kappa shape index (κ1) is 15.4. The average molecular weight is 325 g/mol. The van der Waals surface area contributed by atoms with Gasteiger partial charge in [0.25, 0.3) is 0 Å². The molecule has 6 heteroatoms. The fourth-order valence-electron chi connectivity index (χ4n) is 3.64. The van der Waals surface area contributed by atoms with Crippen LogP contribution in [0.1, 0.15) is 55.8 Å². The summed E-state index contributed by atoms with van der Waals surface area (Å²) in [5, 5.41) is 12.9. The van der Waals surface area contributed by atoms with E-state index in [-0.39, 0.29) is 11.6 Å². The van der Waals surface area contributed by atoms with Crippen LogP contribution < -0.4 is 0 Å². The first-order valence-electron chi connectivity index (χ1n) is 8.91. The lowest BCUT2D eigenvalue weighted by Gasteiger charge is -2.38. The Morgan fingerprint density at radius 3 is 2.88 bits per heavy atom. The average Bonchev–Trinajstić information content (AvgIpc) is 3.19. The number of fused-ring (bicyclic) bond motifs is 1. The molecule has 6 nitrogen and oxygen atoms in total. The first-order valence-corrected chi connectivity index (χ1v) is 8.91. The molecule has 1 saturated heterocycles. The molecule has 1 aromatic rings. The van der Waals surface area contributed by atoms with E-state index in [2.05, 4.69) is 26.9 Å². The molecule has 0 N–H and O–H groups in total. The van der Waals surface area contributed by atoms with E-state index in [9.17, 15) is 4.79 Å². The summed E-state index contributed by atoms with van der Waals surface area (Å²) in [6.07, 6.45) is 11.5. The molecule has 0 saturated carbocycles. The van der Waals surface area contributed by atoms with E-state index >= 15 is 0 Å². The zero-order valence-electron chi connectivity index (χ0n) is 13.9. The van der Waals surface area contributed by atoms with Gasteiger partial charge in [0.1, 0.15) is 0 Å². The van der Waals surface area contributed by atoms with Crippen LogP contribution in [0.2, 0.25) is 0 Å². The molecule has 3 aliphatic rings. The van der Waals surface area contributed by atoms with Crippen molar-refractivity contribution in [3.63, 3.8) is 0 Å². The number of hydrogen-bond acceptors (Lipinski definition) is 4. The third-order valence-corrected chi connectivity index (χ3v) is 5.38. The molecule has 3 aliphatic heterocycles. The van der Waals surface area contributed by atoms with E-state index in [0.29, 0.717) is 25.2 Å².